The first-order valence-electron chi connectivity index (χ1n) is 5.90. The normalized spacial score (nSPS) is 11.3. The van der Waals surface area contributed by atoms with Crippen LogP contribution in [0.4, 0.5) is 10.1 Å². The van der Waals surface area contributed by atoms with Gasteiger partial charge in [-0.1, -0.05) is 12.1 Å². The fourth-order valence-corrected chi connectivity index (χ4v) is 2.93. The van der Waals surface area contributed by atoms with Gasteiger partial charge in [0, 0.05) is 0 Å². The van der Waals surface area contributed by atoms with E-state index in [0.717, 1.165) is 6.07 Å². The monoisotopic (exact) mass is 295 g/mol. The van der Waals surface area contributed by atoms with Gasteiger partial charge in [0.15, 0.2) is 0 Å². The predicted octanol–water partition coefficient (Wildman–Crippen LogP) is 2.43. The minimum Gasteiger partial charge on any atom is -0.392 e. The molecule has 0 atom stereocenters. The van der Waals surface area contributed by atoms with E-state index in [2.05, 4.69) is 4.72 Å². The molecule has 0 saturated carbocycles. The van der Waals surface area contributed by atoms with E-state index in [1.165, 1.54) is 30.3 Å². The molecule has 20 heavy (non-hydrogen) atoms. The minimum absolute atomic E-state index is 0.0194. The van der Waals surface area contributed by atoms with Crippen LogP contribution in [0, 0.1) is 12.7 Å². The number of aliphatic hydroxyl groups excluding tert-OH is 1. The Labute approximate surface area is 116 Å². The molecule has 4 nitrogen and oxygen atoms in total. The number of hydrogen-bond acceptors (Lipinski definition) is 3. The molecule has 106 valence electrons. The first-order chi connectivity index (χ1) is 9.40. The highest BCUT2D eigenvalue weighted by Gasteiger charge is 2.15. The van der Waals surface area contributed by atoms with Crippen LogP contribution in [-0.4, -0.2) is 13.5 Å². The van der Waals surface area contributed by atoms with Gasteiger partial charge in [-0.3, -0.25) is 4.72 Å². The molecule has 0 radical (unpaired) electrons. The number of rotatable bonds is 4. The van der Waals surface area contributed by atoms with Gasteiger partial charge >= 0.3 is 0 Å². The van der Waals surface area contributed by atoms with E-state index in [1.54, 1.807) is 13.0 Å². The van der Waals surface area contributed by atoms with Gasteiger partial charge in [-0.05, 0) is 48.4 Å². The van der Waals surface area contributed by atoms with E-state index in [1.807, 2.05) is 0 Å². The third-order valence-corrected chi connectivity index (χ3v) is 4.06. The van der Waals surface area contributed by atoms with Gasteiger partial charge in [0.2, 0.25) is 0 Å². The van der Waals surface area contributed by atoms with Gasteiger partial charge < -0.3 is 5.11 Å². The van der Waals surface area contributed by atoms with Gasteiger partial charge in [0.25, 0.3) is 10.0 Å². The SMILES string of the molecule is Cc1cc(F)cc(NS(=O)(=O)c2cccc(CO)c2)c1. The van der Waals surface area contributed by atoms with Gasteiger partial charge in [-0.15, -0.1) is 0 Å². The molecule has 6 heteroatoms. The summed E-state index contributed by atoms with van der Waals surface area (Å²) in [5.74, 6) is -0.508. The molecule has 0 saturated heterocycles. The molecule has 0 aromatic heterocycles. The highest BCUT2D eigenvalue weighted by Crippen LogP contribution is 2.19. The van der Waals surface area contributed by atoms with Crippen molar-refractivity contribution >= 4 is 15.7 Å². The molecule has 2 rings (SSSR count). The maximum atomic E-state index is 13.3. The fourth-order valence-electron chi connectivity index (χ4n) is 1.82. The van der Waals surface area contributed by atoms with Crippen molar-refractivity contribution in [3.05, 3.63) is 59.4 Å². The van der Waals surface area contributed by atoms with Crippen molar-refractivity contribution in [2.75, 3.05) is 4.72 Å². The lowest BCUT2D eigenvalue weighted by Gasteiger charge is -2.09. The predicted molar refractivity (Wildman–Crippen MR) is 74.3 cm³/mol. The Morgan fingerprint density at radius 1 is 1.20 bits per heavy atom. The zero-order valence-electron chi connectivity index (χ0n) is 10.8. The molecule has 0 aliphatic rings. The lowest BCUT2D eigenvalue weighted by Crippen LogP contribution is -2.13. The number of benzene rings is 2. The zero-order chi connectivity index (χ0) is 14.8. The van der Waals surface area contributed by atoms with Crippen molar-refractivity contribution in [1.82, 2.24) is 0 Å². The molecular formula is C14H14FNO3S. The van der Waals surface area contributed by atoms with Crippen molar-refractivity contribution in [1.29, 1.82) is 0 Å². The number of halogens is 1. The Morgan fingerprint density at radius 3 is 2.60 bits per heavy atom. The van der Waals surface area contributed by atoms with Crippen LogP contribution >= 0.6 is 0 Å². The average molecular weight is 295 g/mol. The van der Waals surface area contributed by atoms with Gasteiger partial charge in [0.1, 0.15) is 5.82 Å². The Balaban J connectivity index is 2.35. The molecule has 2 aromatic carbocycles. The molecule has 0 aliphatic heterocycles. The van der Waals surface area contributed by atoms with Gasteiger partial charge in [0.05, 0.1) is 17.2 Å². The summed E-state index contributed by atoms with van der Waals surface area (Å²) in [6.07, 6.45) is 0. The van der Waals surface area contributed by atoms with Crippen LogP contribution in [0.3, 0.4) is 0 Å². The Kier molecular flexibility index (Phi) is 4.06. The van der Waals surface area contributed by atoms with Crippen molar-refractivity contribution < 1.29 is 17.9 Å². The zero-order valence-corrected chi connectivity index (χ0v) is 11.6. The van der Waals surface area contributed by atoms with E-state index in [9.17, 15) is 12.8 Å². The maximum absolute atomic E-state index is 13.3. The molecular weight excluding hydrogens is 281 g/mol. The van der Waals surface area contributed by atoms with E-state index in [4.69, 9.17) is 5.11 Å². The Bertz CT molecular complexity index is 709. The number of aryl methyl sites for hydroxylation is 1. The summed E-state index contributed by atoms with van der Waals surface area (Å²) in [5, 5.41) is 9.03. The first-order valence-corrected chi connectivity index (χ1v) is 7.39. The largest absolute Gasteiger partial charge is 0.392 e. The van der Waals surface area contributed by atoms with E-state index >= 15 is 0 Å². The van der Waals surface area contributed by atoms with E-state index < -0.39 is 15.8 Å². The summed E-state index contributed by atoms with van der Waals surface area (Å²) in [5.41, 5.74) is 1.27. The number of nitrogens with one attached hydrogen (secondary N) is 1. The average Bonchev–Trinajstić information content (AvgIpc) is 2.37. The standard InChI is InChI=1S/C14H14FNO3S/c1-10-5-12(15)8-13(6-10)16-20(18,19)14-4-2-3-11(7-14)9-17/h2-8,16-17H,9H2,1H3. The fraction of sp³-hybridized carbons (Fsp3) is 0.143. The second-order valence-electron chi connectivity index (χ2n) is 4.43. The quantitative estimate of drug-likeness (QED) is 0.910. The van der Waals surface area contributed by atoms with Crippen LogP contribution in [0.15, 0.2) is 47.4 Å². The smallest absolute Gasteiger partial charge is 0.261 e. The molecule has 0 spiro atoms. The topological polar surface area (TPSA) is 66.4 Å². The highest BCUT2D eigenvalue weighted by molar-refractivity contribution is 7.92. The van der Waals surface area contributed by atoms with Crippen LogP contribution < -0.4 is 4.72 Å². The molecule has 0 heterocycles. The van der Waals surface area contributed by atoms with Crippen LogP contribution in [0.25, 0.3) is 0 Å². The minimum atomic E-state index is -3.81. The second kappa shape index (κ2) is 5.60. The summed E-state index contributed by atoms with van der Waals surface area (Å²) in [7, 11) is -3.81. The molecule has 2 aromatic rings. The molecule has 0 bridgehead atoms. The van der Waals surface area contributed by atoms with E-state index in [-0.39, 0.29) is 17.2 Å². The highest BCUT2D eigenvalue weighted by atomic mass is 32.2. The summed E-state index contributed by atoms with van der Waals surface area (Å²) in [6.45, 7) is 1.43. The molecule has 2 N–H and O–H groups in total. The second-order valence-corrected chi connectivity index (χ2v) is 6.11. The van der Waals surface area contributed by atoms with Gasteiger partial charge in [-0.2, -0.15) is 0 Å². The molecule has 0 unspecified atom stereocenters. The number of sulfonamides is 1. The molecule has 0 amide bonds. The molecule has 0 fully saturated rings. The van der Waals surface area contributed by atoms with Crippen molar-refractivity contribution in [3.8, 4) is 0 Å². The molecule has 0 aliphatic carbocycles. The van der Waals surface area contributed by atoms with Gasteiger partial charge in [-0.25, -0.2) is 12.8 Å². The lowest BCUT2D eigenvalue weighted by molar-refractivity contribution is 0.281. The number of anilines is 1. The van der Waals surface area contributed by atoms with Crippen molar-refractivity contribution in [3.63, 3.8) is 0 Å². The van der Waals surface area contributed by atoms with Crippen LogP contribution in [0.1, 0.15) is 11.1 Å². The van der Waals surface area contributed by atoms with Crippen LogP contribution in [-0.2, 0) is 16.6 Å². The Hall–Kier alpha value is -1.92. The van der Waals surface area contributed by atoms with Crippen LogP contribution in [0.2, 0.25) is 0 Å². The number of hydrogen-bond donors (Lipinski definition) is 2. The van der Waals surface area contributed by atoms with E-state index in [0.29, 0.717) is 11.1 Å². The first kappa shape index (κ1) is 14.5. The van der Waals surface area contributed by atoms with Crippen molar-refractivity contribution in [2.24, 2.45) is 0 Å². The third-order valence-electron chi connectivity index (χ3n) is 2.69. The van der Waals surface area contributed by atoms with Crippen LogP contribution in [0.5, 0.6) is 0 Å². The summed E-state index contributed by atoms with van der Waals surface area (Å²) in [6, 6.07) is 9.89. The summed E-state index contributed by atoms with van der Waals surface area (Å²) < 4.78 is 39.9. The summed E-state index contributed by atoms with van der Waals surface area (Å²) in [4.78, 5) is 0.0194. The summed E-state index contributed by atoms with van der Waals surface area (Å²) >= 11 is 0. The van der Waals surface area contributed by atoms with Crippen molar-refractivity contribution in [2.45, 2.75) is 18.4 Å². The lowest BCUT2D eigenvalue weighted by atomic mass is 10.2. The number of aliphatic hydroxyl groups is 1. The Morgan fingerprint density at radius 2 is 1.95 bits per heavy atom. The third kappa shape index (κ3) is 3.34. The maximum Gasteiger partial charge on any atom is 0.261 e.